The molecule has 0 fully saturated rings. The highest BCUT2D eigenvalue weighted by Crippen LogP contribution is 2.28. The molecule has 2 heterocycles. The van der Waals surface area contributed by atoms with Gasteiger partial charge in [-0.3, -0.25) is 9.78 Å². The first-order valence-corrected chi connectivity index (χ1v) is 11.6. The van der Waals surface area contributed by atoms with Crippen LogP contribution in [0.15, 0.2) is 53.6 Å². The van der Waals surface area contributed by atoms with Crippen LogP contribution in [0.5, 0.6) is 0 Å². The number of pyridine rings is 1. The van der Waals surface area contributed by atoms with Gasteiger partial charge in [-0.15, -0.1) is 23.1 Å². The van der Waals surface area contributed by atoms with E-state index in [-0.39, 0.29) is 5.78 Å². The molecule has 0 saturated carbocycles. The summed E-state index contributed by atoms with van der Waals surface area (Å²) in [4.78, 5) is 19.5. The molecule has 0 spiro atoms. The number of hydrogen-bond donors (Lipinski definition) is 1. The molecule has 0 saturated heterocycles. The van der Waals surface area contributed by atoms with Crippen molar-refractivity contribution in [3.8, 4) is 0 Å². The summed E-state index contributed by atoms with van der Waals surface area (Å²) < 4.78 is 24.6. The number of para-hydroxylation sites is 1. The molecule has 0 amide bonds. The van der Waals surface area contributed by atoms with Crippen molar-refractivity contribution in [3.05, 3.63) is 58.4 Å². The third-order valence-corrected chi connectivity index (χ3v) is 6.63. The monoisotopic (exact) mass is 406 g/mol. The second-order valence-corrected chi connectivity index (χ2v) is 9.74. The molecule has 0 aliphatic rings. The summed E-state index contributed by atoms with van der Waals surface area (Å²) in [6.07, 6.45) is 3.47. The summed E-state index contributed by atoms with van der Waals surface area (Å²) in [5, 5.41) is 1.05. The van der Waals surface area contributed by atoms with Crippen LogP contribution in [0.1, 0.15) is 14.5 Å². The fourth-order valence-electron chi connectivity index (χ4n) is 2.43. The minimum absolute atomic E-state index is 0.0724. The maximum absolute atomic E-state index is 12.5. The molecule has 3 aromatic rings. The third kappa shape index (κ3) is 5.14. The van der Waals surface area contributed by atoms with Crippen molar-refractivity contribution in [3.63, 3.8) is 0 Å². The van der Waals surface area contributed by atoms with E-state index in [1.807, 2.05) is 42.5 Å². The zero-order valence-corrected chi connectivity index (χ0v) is 16.6. The van der Waals surface area contributed by atoms with Gasteiger partial charge >= 0.3 is 0 Å². The number of fused-ring (bicyclic) bond motifs is 1. The average molecular weight is 407 g/mol. The normalized spacial score (nSPS) is 11.7. The van der Waals surface area contributed by atoms with Crippen molar-refractivity contribution < 1.29 is 13.2 Å². The van der Waals surface area contributed by atoms with Crippen molar-refractivity contribution in [2.45, 2.75) is 11.3 Å². The van der Waals surface area contributed by atoms with E-state index in [0.717, 1.165) is 26.9 Å². The lowest BCUT2D eigenvalue weighted by atomic mass is 10.2. The number of sulfonamides is 1. The molecule has 8 heteroatoms. The lowest BCUT2D eigenvalue weighted by Crippen LogP contribution is -2.23. The van der Waals surface area contributed by atoms with Crippen molar-refractivity contribution in [1.29, 1.82) is 0 Å². The van der Waals surface area contributed by atoms with Crippen LogP contribution in [-0.4, -0.2) is 37.7 Å². The first kappa shape index (κ1) is 19.0. The van der Waals surface area contributed by atoms with E-state index >= 15 is 0 Å². The Morgan fingerprint density at radius 1 is 1.19 bits per heavy atom. The summed E-state index contributed by atoms with van der Waals surface area (Å²) in [7, 11) is -3.18. The minimum Gasteiger partial charge on any atom is -0.292 e. The number of hydrogen-bond acceptors (Lipinski definition) is 6. The van der Waals surface area contributed by atoms with Crippen LogP contribution in [0.2, 0.25) is 0 Å². The smallest absolute Gasteiger partial charge is 0.208 e. The van der Waals surface area contributed by atoms with Gasteiger partial charge in [0, 0.05) is 27.9 Å². The lowest BCUT2D eigenvalue weighted by molar-refractivity contribution is 0.102. The Hall–Kier alpha value is -1.74. The molecule has 1 aromatic carbocycles. The second-order valence-electron chi connectivity index (χ2n) is 5.72. The number of aromatic nitrogens is 1. The van der Waals surface area contributed by atoms with Gasteiger partial charge in [0.15, 0.2) is 5.78 Å². The summed E-state index contributed by atoms with van der Waals surface area (Å²) >= 11 is 2.93. The van der Waals surface area contributed by atoms with Gasteiger partial charge in [0.25, 0.3) is 0 Å². The highest BCUT2D eigenvalue weighted by Gasteiger charge is 2.12. The van der Waals surface area contributed by atoms with Crippen LogP contribution in [0.4, 0.5) is 0 Å². The number of thiophene rings is 1. The molecule has 1 N–H and O–H groups in total. The number of rotatable bonds is 8. The summed E-state index contributed by atoms with van der Waals surface area (Å²) in [6, 6.07) is 13.5. The predicted molar refractivity (Wildman–Crippen MR) is 108 cm³/mol. The van der Waals surface area contributed by atoms with Crippen LogP contribution in [0, 0.1) is 0 Å². The van der Waals surface area contributed by atoms with Crippen LogP contribution in [-0.2, 0) is 16.4 Å². The number of nitrogens with zero attached hydrogens (tertiary/aromatic N) is 1. The van der Waals surface area contributed by atoms with Crippen LogP contribution < -0.4 is 4.72 Å². The second kappa shape index (κ2) is 8.30. The number of Topliss-reactive ketones (excluding diaryl/α,β-unsaturated/α-hetero) is 1. The van der Waals surface area contributed by atoms with Crippen molar-refractivity contribution in [1.82, 2.24) is 9.71 Å². The van der Waals surface area contributed by atoms with Gasteiger partial charge in [-0.1, -0.05) is 18.2 Å². The number of nitrogens with one attached hydrogen (secondary N) is 1. The lowest BCUT2D eigenvalue weighted by Gasteiger charge is -2.04. The first-order valence-electron chi connectivity index (χ1n) is 7.95. The fraction of sp³-hybridized carbons (Fsp3) is 0.222. The van der Waals surface area contributed by atoms with Gasteiger partial charge in [-0.2, -0.15) is 0 Å². The Kier molecular flexibility index (Phi) is 6.08. The third-order valence-electron chi connectivity index (χ3n) is 3.64. The molecule has 26 heavy (non-hydrogen) atoms. The maximum atomic E-state index is 12.5. The molecule has 0 aliphatic heterocycles. The average Bonchev–Trinajstić information content (AvgIpc) is 3.07. The van der Waals surface area contributed by atoms with Crippen LogP contribution in [0.25, 0.3) is 10.9 Å². The SMILES string of the molecule is CS(=O)(=O)NCCc1ccc(C(=O)CSc2ccnc3ccccc23)s1. The molecular weight excluding hydrogens is 388 g/mol. The molecule has 0 atom stereocenters. The zero-order chi connectivity index (χ0) is 18.6. The zero-order valence-electron chi connectivity index (χ0n) is 14.1. The Balaban J connectivity index is 1.60. The molecule has 0 unspecified atom stereocenters. The predicted octanol–water partition coefficient (Wildman–Crippen LogP) is 3.36. The molecule has 3 rings (SSSR count). The van der Waals surface area contributed by atoms with Gasteiger partial charge in [0.2, 0.25) is 10.0 Å². The summed E-state index contributed by atoms with van der Waals surface area (Å²) in [5.74, 6) is 0.429. The topological polar surface area (TPSA) is 76.1 Å². The van der Waals surface area contributed by atoms with Crippen LogP contribution in [0.3, 0.4) is 0 Å². The Morgan fingerprint density at radius 2 is 2.00 bits per heavy atom. The van der Waals surface area contributed by atoms with Gasteiger partial charge in [-0.25, -0.2) is 13.1 Å². The van der Waals surface area contributed by atoms with Crippen molar-refractivity contribution >= 4 is 49.8 Å². The quantitative estimate of drug-likeness (QED) is 0.458. The van der Waals surface area contributed by atoms with Crippen molar-refractivity contribution in [2.75, 3.05) is 18.6 Å². The van der Waals surface area contributed by atoms with Gasteiger partial charge in [-0.05, 0) is 30.7 Å². The molecule has 0 bridgehead atoms. The largest absolute Gasteiger partial charge is 0.292 e. The minimum atomic E-state index is -3.18. The van der Waals surface area contributed by atoms with Gasteiger partial charge in [0.05, 0.1) is 22.4 Å². The molecule has 0 aliphatic carbocycles. The number of benzene rings is 1. The number of ketones is 1. The first-order chi connectivity index (χ1) is 12.4. The van der Waals surface area contributed by atoms with E-state index in [2.05, 4.69) is 9.71 Å². The van der Waals surface area contributed by atoms with E-state index < -0.39 is 10.0 Å². The fourth-order valence-corrected chi connectivity index (χ4v) is 4.87. The van der Waals surface area contributed by atoms with E-state index in [1.165, 1.54) is 23.1 Å². The standard InChI is InChI=1S/C18H18N2O3S3/c1-26(22,23)20-11-8-13-6-7-18(25-13)16(21)12-24-17-9-10-19-15-5-3-2-4-14(15)17/h2-7,9-10,20H,8,11-12H2,1H3. The number of carbonyl (C=O) groups excluding carboxylic acids is 1. The molecule has 2 aromatic heterocycles. The van der Waals surface area contributed by atoms with Crippen molar-refractivity contribution in [2.24, 2.45) is 0 Å². The van der Waals surface area contributed by atoms with E-state index in [1.54, 1.807) is 6.20 Å². The molecular formula is C18H18N2O3S3. The number of carbonyl (C=O) groups is 1. The van der Waals surface area contributed by atoms with Gasteiger partial charge < -0.3 is 0 Å². The van der Waals surface area contributed by atoms with Crippen LogP contribution >= 0.6 is 23.1 Å². The molecule has 0 radical (unpaired) electrons. The highest BCUT2D eigenvalue weighted by atomic mass is 32.2. The van der Waals surface area contributed by atoms with Gasteiger partial charge in [0.1, 0.15) is 0 Å². The number of thioether (sulfide) groups is 1. The Morgan fingerprint density at radius 3 is 2.81 bits per heavy atom. The summed E-state index contributed by atoms with van der Waals surface area (Å²) in [6.45, 7) is 0.338. The maximum Gasteiger partial charge on any atom is 0.208 e. The van der Waals surface area contributed by atoms with E-state index in [4.69, 9.17) is 0 Å². The Bertz CT molecular complexity index is 1020. The summed E-state index contributed by atoms with van der Waals surface area (Å²) in [5.41, 5.74) is 0.918. The molecule has 136 valence electrons. The molecule has 5 nitrogen and oxygen atoms in total. The highest BCUT2D eigenvalue weighted by molar-refractivity contribution is 8.00. The van der Waals surface area contributed by atoms with E-state index in [0.29, 0.717) is 23.6 Å². The van der Waals surface area contributed by atoms with E-state index in [9.17, 15) is 13.2 Å². The Labute approximate surface area is 160 Å².